The Balaban J connectivity index is 2.26. The van der Waals surface area contributed by atoms with Crippen LogP contribution in [-0.2, 0) is 11.2 Å². The van der Waals surface area contributed by atoms with Crippen LogP contribution < -0.4 is 5.73 Å². The molecule has 1 rings (SSSR count). The first-order chi connectivity index (χ1) is 9.15. The summed E-state index contributed by atoms with van der Waals surface area (Å²) in [5, 5.41) is 0. The molecule has 106 valence electrons. The van der Waals surface area contributed by atoms with E-state index in [1.807, 2.05) is 24.9 Å². The molecule has 19 heavy (non-hydrogen) atoms. The lowest BCUT2D eigenvalue weighted by Gasteiger charge is -2.21. The van der Waals surface area contributed by atoms with Crippen molar-refractivity contribution in [1.82, 2.24) is 4.90 Å². The molecule has 1 unspecified atom stereocenters. The molecule has 0 bridgehead atoms. The summed E-state index contributed by atoms with van der Waals surface area (Å²) in [5.41, 5.74) is 6.81. The van der Waals surface area contributed by atoms with E-state index in [9.17, 15) is 4.79 Å². The van der Waals surface area contributed by atoms with Crippen molar-refractivity contribution in [3.05, 3.63) is 35.9 Å². The van der Waals surface area contributed by atoms with Crippen LogP contribution in [-0.4, -0.2) is 30.9 Å². The minimum atomic E-state index is 0.0882. The average Bonchev–Trinajstić information content (AvgIpc) is 2.44. The molecule has 0 aliphatic carbocycles. The topological polar surface area (TPSA) is 46.3 Å². The summed E-state index contributed by atoms with van der Waals surface area (Å²) in [6.07, 6.45) is 3.84. The van der Waals surface area contributed by atoms with Crippen molar-refractivity contribution in [1.29, 1.82) is 0 Å². The average molecular weight is 262 g/mol. The summed E-state index contributed by atoms with van der Waals surface area (Å²) >= 11 is 0. The predicted molar refractivity (Wildman–Crippen MR) is 79.9 cm³/mol. The zero-order valence-corrected chi connectivity index (χ0v) is 12.1. The fourth-order valence-corrected chi connectivity index (χ4v) is 2.20. The van der Waals surface area contributed by atoms with Crippen LogP contribution in [0.5, 0.6) is 0 Å². The van der Waals surface area contributed by atoms with Crippen LogP contribution in [0.4, 0.5) is 0 Å². The first-order valence-corrected chi connectivity index (χ1v) is 7.14. The number of nitrogens with two attached hydrogens (primary N) is 1. The number of aryl methyl sites for hydroxylation is 1. The third-order valence-electron chi connectivity index (χ3n) is 3.44. The Bertz CT molecular complexity index is 364. The summed E-state index contributed by atoms with van der Waals surface area (Å²) < 4.78 is 0. The summed E-state index contributed by atoms with van der Waals surface area (Å²) in [4.78, 5) is 13.9. The maximum absolute atomic E-state index is 12.1. The number of hydrogen-bond donors (Lipinski definition) is 1. The maximum atomic E-state index is 12.1. The van der Waals surface area contributed by atoms with Crippen molar-refractivity contribution < 1.29 is 4.79 Å². The zero-order chi connectivity index (χ0) is 14.1. The number of amides is 1. The lowest BCUT2D eigenvalue weighted by Crippen LogP contribution is -2.32. The molecule has 1 amide bonds. The van der Waals surface area contributed by atoms with Crippen LogP contribution in [0.3, 0.4) is 0 Å². The van der Waals surface area contributed by atoms with Gasteiger partial charge >= 0.3 is 0 Å². The second-order valence-electron chi connectivity index (χ2n) is 5.18. The van der Waals surface area contributed by atoms with Gasteiger partial charge in [0.05, 0.1) is 0 Å². The molecule has 0 aromatic heterocycles. The van der Waals surface area contributed by atoms with Crippen LogP contribution in [0.15, 0.2) is 30.3 Å². The molecule has 0 fully saturated rings. The van der Waals surface area contributed by atoms with Gasteiger partial charge < -0.3 is 10.6 Å². The molecule has 0 saturated heterocycles. The molecule has 0 radical (unpaired) electrons. The van der Waals surface area contributed by atoms with E-state index in [1.165, 1.54) is 5.56 Å². The molecule has 1 aromatic carbocycles. The van der Waals surface area contributed by atoms with E-state index in [4.69, 9.17) is 5.73 Å². The van der Waals surface area contributed by atoms with E-state index in [2.05, 4.69) is 24.3 Å². The second kappa shape index (κ2) is 8.70. The lowest BCUT2D eigenvalue weighted by molar-refractivity contribution is -0.133. The third-order valence-corrected chi connectivity index (χ3v) is 3.44. The van der Waals surface area contributed by atoms with Crippen molar-refractivity contribution in [2.75, 3.05) is 20.1 Å². The number of benzene rings is 1. The maximum Gasteiger partial charge on any atom is 0.225 e. The van der Waals surface area contributed by atoms with Gasteiger partial charge in [-0.25, -0.2) is 0 Å². The molecule has 1 atom stereocenters. The molecular weight excluding hydrogens is 236 g/mol. The van der Waals surface area contributed by atoms with Crippen molar-refractivity contribution >= 4 is 5.91 Å². The quantitative estimate of drug-likeness (QED) is 0.782. The molecule has 0 spiro atoms. The molecule has 2 N–H and O–H groups in total. The van der Waals surface area contributed by atoms with Crippen molar-refractivity contribution in [2.45, 2.75) is 32.6 Å². The highest BCUT2D eigenvalue weighted by atomic mass is 16.2. The van der Waals surface area contributed by atoms with Gasteiger partial charge in [-0.05, 0) is 37.8 Å². The highest BCUT2D eigenvalue weighted by Crippen LogP contribution is 2.09. The Morgan fingerprint density at radius 3 is 2.58 bits per heavy atom. The van der Waals surface area contributed by atoms with Crippen molar-refractivity contribution in [2.24, 2.45) is 11.7 Å². The largest absolute Gasteiger partial charge is 0.346 e. The molecule has 3 nitrogen and oxygen atoms in total. The SMILES string of the molecule is CC(CCCN)C(=O)N(C)CCCc1ccccc1. The van der Waals surface area contributed by atoms with Gasteiger partial charge in [0.25, 0.3) is 0 Å². The van der Waals surface area contributed by atoms with Crippen LogP contribution in [0, 0.1) is 5.92 Å². The molecule has 0 aliphatic heterocycles. The smallest absolute Gasteiger partial charge is 0.225 e. The predicted octanol–water partition coefficient (Wildman–Crippen LogP) is 2.45. The fraction of sp³-hybridized carbons (Fsp3) is 0.562. The number of hydrogen-bond acceptors (Lipinski definition) is 2. The Kier molecular flexibility index (Phi) is 7.19. The van der Waals surface area contributed by atoms with E-state index in [1.54, 1.807) is 0 Å². The third kappa shape index (κ3) is 5.88. The molecule has 0 saturated carbocycles. The van der Waals surface area contributed by atoms with Crippen LogP contribution >= 0.6 is 0 Å². The highest BCUT2D eigenvalue weighted by molar-refractivity contribution is 5.78. The van der Waals surface area contributed by atoms with Crippen molar-refractivity contribution in [3.63, 3.8) is 0 Å². The van der Waals surface area contributed by atoms with Gasteiger partial charge in [0, 0.05) is 19.5 Å². The number of carbonyl (C=O) groups is 1. The molecule has 1 aromatic rings. The van der Waals surface area contributed by atoms with Crippen LogP contribution in [0.25, 0.3) is 0 Å². The Morgan fingerprint density at radius 2 is 1.95 bits per heavy atom. The first-order valence-electron chi connectivity index (χ1n) is 7.14. The van der Waals surface area contributed by atoms with Gasteiger partial charge in [-0.3, -0.25) is 4.79 Å². The molecule has 3 heteroatoms. The molecule has 0 aliphatic rings. The highest BCUT2D eigenvalue weighted by Gasteiger charge is 2.16. The van der Waals surface area contributed by atoms with E-state index < -0.39 is 0 Å². The Labute approximate surface area is 116 Å². The minimum Gasteiger partial charge on any atom is -0.346 e. The van der Waals surface area contributed by atoms with Crippen molar-refractivity contribution in [3.8, 4) is 0 Å². The standard InChI is InChI=1S/C16H26N2O/c1-14(8-6-12-17)16(19)18(2)13-7-11-15-9-4-3-5-10-15/h3-5,9-10,14H,6-8,11-13,17H2,1-2H3. The molecule has 0 heterocycles. The summed E-state index contributed by atoms with van der Waals surface area (Å²) in [7, 11) is 1.90. The van der Waals surface area contributed by atoms with Gasteiger partial charge in [0.2, 0.25) is 5.91 Å². The van der Waals surface area contributed by atoms with E-state index in [0.717, 1.165) is 32.2 Å². The Hall–Kier alpha value is -1.35. The fourth-order valence-electron chi connectivity index (χ4n) is 2.20. The number of rotatable bonds is 8. The van der Waals surface area contributed by atoms with E-state index in [-0.39, 0.29) is 11.8 Å². The Morgan fingerprint density at radius 1 is 1.26 bits per heavy atom. The molecular formula is C16H26N2O. The van der Waals surface area contributed by atoms with Gasteiger partial charge in [-0.15, -0.1) is 0 Å². The second-order valence-corrected chi connectivity index (χ2v) is 5.18. The monoisotopic (exact) mass is 262 g/mol. The summed E-state index contributed by atoms with van der Waals surface area (Å²) in [5.74, 6) is 0.326. The number of nitrogens with zero attached hydrogens (tertiary/aromatic N) is 1. The normalized spacial score (nSPS) is 12.2. The van der Waals surface area contributed by atoms with Gasteiger partial charge in [-0.2, -0.15) is 0 Å². The van der Waals surface area contributed by atoms with E-state index >= 15 is 0 Å². The minimum absolute atomic E-state index is 0.0882. The number of carbonyl (C=O) groups excluding carboxylic acids is 1. The zero-order valence-electron chi connectivity index (χ0n) is 12.1. The van der Waals surface area contributed by atoms with Gasteiger partial charge in [-0.1, -0.05) is 37.3 Å². The van der Waals surface area contributed by atoms with E-state index in [0.29, 0.717) is 6.54 Å². The van der Waals surface area contributed by atoms with Gasteiger partial charge in [0.15, 0.2) is 0 Å². The summed E-state index contributed by atoms with van der Waals surface area (Å²) in [6, 6.07) is 10.4. The lowest BCUT2D eigenvalue weighted by atomic mass is 10.0. The van der Waals surface area contributed by atoms with Crippen LogP contribution in [0.2, 0.25) is 0 Å². The van der Waals surface area contributed by atoms with Gasteiger partial charge in [0.1, 0.15) is 0 Å². The first kappa shape index (κ1) is 15.7. The van der Waals surface area contributed by atoms with Crippen LogP contribution in [0.1, 0.15) is 31.7 Å². The summed E-state index contributed by atoms with van der Waals surface area (Å²) in [6.45, 7) is 3.47.